The fraction of sp³-hybridized carbons (Fsp3) is 0.174. The predicted octanol–water partition coefficient (Wildman–Crippen LogP) is 5.07. The van der Waals surface area contributed by atoms with E-state index in [0.717, 1.165) is 17.7 Å². The fourth-order valence-corrected chi connectivity index (χ4v) is 3.43. The molecule has 1 N–H and O–H groups in total. The summed E-state index contributed by atoms with van der Waals surface area (Å²) in [7, 11) is 4.10. The minimum atomic E-state index is -0.441. The van der Waals surface area contributed by atoms with Crippen LogP contribution in [0, 0.1) is 0 Å². The van der Waals surface area contributed by atoms with Crippen molar-refractivity contribution in [3.05, 3.63) is 83.4 Å². The van der Waals surface area contributed by atoms with Gasteiger partial charge in [-0.25, -0.2) is 4.79 Å². The van der Waals surface area contributed by atoms with Crippen molar-refractivity contribution in [2.24, 2.45) is 0 Å². The van der Waals surface area contributed by atoms with E-state index in [4.69, 9.17) is 4.74 Å². The molecule has 4 heteroatoms. The summed E-state index contributed by atoms with van der Waals surface area (Å²) in [5, 5.41) is 2.83. The Balaban J connectivity index is 1.44. The molecule has 3 aromatic carbocycles. The third-order valence-electron chi connectivity index (χ3n) is 4.84. The number of anilines is 2. The van der Waals surface area contributed by atoms with Crippen molar-refractivity contribution < 1.29 is 9.53 Å². The van der Waals surface area contributed by atoms with Crippen LogP contribution in [0.3, 0.4) is 0 Å². The van der Waals surface area contributed by atoms with E-state index in [1.807, 2.05) is 56.6 Å². The van der Waals surface area contributed by atoms with Crippen molar-refractivity contribution in [3.63, 3.8) is 0 Å². The lowest BCUT2D eigenvalue weighted by Gasteiger charge is -2.13. The van der Waals surface area contributed by atoms with Crippen molar-refractivity contribution in [2.45, 2.75) is 13.0 Å². The normalized spacial score (nSPS) is 11.5. The van der Waals surface area contributed by atoms with Crippen LogP contribution in [0.2, 0.25) is 0 Å². The van der Waals surface area contributed by atoms with E-state index >= 15 is 0 Å². The average Bonchev–Trinajstić information content (AvgIpc) is 3.04. The second-order valence-electron chi connectivity index (χ2n) is 6.97. The number of ether oxygens (including phenoxy) is 1. The number of rotatable bonds is 4. The molecule has 0 aliphatic heterocycles. The number of nitrogens with zero attached hydrogens (tertiary/aromatic N) is 1. The first-order valence-corrected chi connectivity index (χ1v) is 9.01. The molecular formula is C23H22N2O2. The number of carbonyl (C=O) groups is 1. The van der Waals surface area contributed by atoms with Crippen LogP contribution in [0.1, 0.15) is 16.7 Å². The van der Waals surface area contributed by atoms with Gasteiger partial charge in [0.25, 0.3) is 0 Å². The van der Waals surface area contributed by atoms with Gasteiger partial charge in [0.05, 0.1) is 0 Å². The molecule has 136 valence electrons. The highest BCUT2D eigenvalue weighted by Crippen LogP contribution is 2.39. The molecule has 0 radical (unpaired) electrons. The van der Waals surface area contributed by atoms with Crippen LogP contribution in [0.15, 0.2) is 66.7 Å². The lowest BCUT2D eigenvalue weighted by Crippen LogP contribution is -2.13. The molecule has 0 bridgehead atoms. The number of hydrogen-bond donors (Lipinski definition) is 1. The summed E-state index contributed by atoms with van der Waals surface area (Å²) >= 11 is 0. The summed E-state index contributed by atoms with van der Waals surface area (Å²) in [6.07, 6.45) is 0.435. The molecule has 0 fully saturated rings. The Morgan fingerprint density at radius 1 is 0.963 bits per heavy atom. The van der Waals surface area contributed by atoms with Gasteiger partial charge in [-0.2, -0.15) is 0 Å². The minimum Gasteiger partial charge on any atom is -0.444 e. The Morgan fingerprint density at radius 2 is 1.67 bits per heavy atom. The van der Waals surface area contributed by atoms with Gasteiger partial charge in [0.1, 0.15) is 6.61 Å². The number of benzene rings is 3. The van der Waals surface area contributed by atoms with E-state index in [1.54, 1.807) is 0 Å². The first kappa shape index (κ1) is 17.2. The molecule has 1 aliphatic rings. The Hall–Kier alpha value is -3.27. The number of amides is 1. The molecule has 0 atom stereocenters. The SMILES string of the molecule is CN(C)c1ccc2c(c1)Cc1cc(NC(=O)OCc3ccccc3)ccc1-2. The molecule has 0 spiro atoms. The third kappa shape index (κ3) is 3.65. The Labute approximate surface area is 159 Å². The molecule has 4 nitrogen and oxygen atoms in total. The highest BCUT2D eigenvalue weighted by Gasteiger charge is 2.19. The molecule has 0 unspecified atom stereocenters. The first-order valence-electron chi connectivity index (χ1n) is 9.01. The molecule has 0 heterocycles. The minimum absolute atomic E-state index is 0.260. The van der Waals surface area contributed by atoms with Gasteiger partial charge in [0.2, 0.25) is 0 Å². The molecule has 0 saturated carbocycles. The van der Waals surface area contributed by atoms with Crippen molar-refractivity contribution in [1.82, 2.24) is 0 Å². The summed E-state index contributed by atoms with van der Waals surface area (Å²) in [4.78, 5) is 14.2. The third-order valence-corrected chi connectivity index (χ3v) is 4.84. The van der Waals surface area contributed by atoms with Gasteiger partial charge in [-0.1, -0.05) is 42.5 Å². The van der Waals surface area contributed by atoms with Crippen molar-refractivity contribution in [3.8, 4) is 11.1 Å². The van der Waals surface area contributed by atoms with Gasteiger partial charge >= 0.3 is 6.09 Å². The number of carbonyl (C=O) groups excluding carboxylic acids is 1. The maximum atomic E-state index is 12.1. The van der Waals surface area contributed by atoms with Gasteiger partial charge < -0.3 is 9.64 Å². The lowest BCUT2D eigenvalue weighted by atomic mass is 10.0. The largest absolute Gasteiger partial charge is 0.444 e. The van der Waals surface area contributed by atoms with E-state index in [-0.39, 0.29) is 6.61 Å². The smallest absolute Gasteiger partial charge is 0.411 e. The molecule has 4 rings (SSSR count). The van der Waals surface area contributed by atoms with Crippen LogP contribution >= 0.6 is 0 Å². The molecule has 1 aliphatic carbocycles. The van der Waals surface area contributed by atoms with E-state index in [2.05, 4.69) is 34.5 Å². The zero-order valence-electron chi connectivity index (χ0n) is 15.5. The monoisotopic (exact) mass is 358 g/mol. The standard InChI is InChI=1S/C23H22N2O2/c1-25(2)20-9-11-22-18(14-20)12-17-13-19(8-10-21(17)22)24-23(26)27-15-16-6-4-3-5-7-16/h3-11,13-14H,12,15H2,1-2H3,(H,24,26). The summed E-state index contributed by atoms with van der Waals surface area (Å²) in [5.41, 5.74) is 7.97. The van der Waals surface area contributed by atoms with Crippen molar-refractivity contribution in [2.75, 3.05) is 24.3 Å². The average molecular weight is 358 g/mol. The van der Waals surface area contributed by atoms with E-state index in [9.17, 15) is 4.79 Å². The topological polar surface area (TPSA) is 41.6 Å². The second-order valence-corrected chi connectivity index (χ2v) is 6.97. The zero-order chi connectivity index (χ0) is 18.8. The van der Waals surface area contributed by atoms with Crippen LogP contribution in [-0.4, -0.2) is 20.2 Å². The summed E-state index contributed by atoms with van der Waals surface area (Å²) in [5.74, 6) is 0. The van der Waals surface area contributed by atoms with Crippen molar-refractivity contribution >= 4 is 17.5 Å². The van der Waals surface area contributed by atoms with Gasteiger partial charge in [-0.05, 0) is 58.5 Å². The molecule has 27 heavy (non-hydrogen) atoms. The van der Waals surface area contributed by atoms with Crippen LogP contribution in [-0.2, 0) is 17.8 Å². The van der Waals surface area contributed by atoms with Gasteiger partial charge in [0, 0.05) is 25.5 Å². The van der Waals surface area contributed by atoms with Crippen LogP contribution < -0.4 is 10.2 Å². The number of fused-ring (bicyclic) bond motifs is 3. The summed E-state index contributed by atoms with van der Waals surface area (Å²) < 4.78 is 5.30. The molecule has 3 aromatic rings. The highest BCUT2D eigenvalue weighted by atomic mass is 16.5. The fourth-order valence-electron chi connectivity index (χ4n) is 3.43. The van der Waals surface area contributed by atoms with Gasteiger partial charge in [-0.15, -0.1) is 0 Å². The highest BCUT2D eigenvalue weighted by molar-refractivity contribution is 5.87. The van der Waals surface area contributed by atoms with Crippen LogP contribution in [0.4, 0.5) is 16.2 Å². The molecule has 0 saturated heterocycles. The van der Waals surface area contributed by atoms with Crippen LogP contribution in [0.25, 0.3) is 11.1 Å². The van der Waals surface area contributed by atoms with Crippen molar-refractivity contribution in [1.29, 1.82) is 0 Å². The van der Waals surface area contributed by atoms with Crippen LogP contribution in [0.5, 0.6) is 0 Å². The summed E-state index contributed by atoms with van der Waals surface area (Å²) in [6, 6.07) is 22.2. The second kappa shape index (κ2) is 7.16. The van der Waals surface area contributed by atoms with E-state index in [0.29, 0.717) is 0 Å². The zero-order valence-corrected chi connectivity index (χ0v) is 15.5. The van der Waals surface area contributed by atoms with Gasteiger partial charge in [0.15, 0.2) is 0 Å². The Morgan fingerprint density at radius 3 is 2.41 bits per heavy atom. The predicted molar refractivity (Wildman–Crippen MR) is 109 cm³/mol. The number of hydrogen-bond acceptors (Lipinski definition) is 3. The summed E-state index contributed by atoms with van der Waals surface area (Å²) in [6.45, 7) is 0.260. The molecule has 0 aromatic heterocycles. The maximum absolute atomic E-state index is 12.1. The quantitative estimate of drug-likeness (QED) is 0.554. The van der Waals surface area contributed by atoms with E-state index in [1.165, 1.54) is 27.9 Å². The Bertz CT molecular complexity index is 981. The molecular weight excluding hydrogens is 336 g/mol. The maximum Gasteiger partial charge on any atom is 0.411 e. The number of nitrogens with one attached hydrogen (secondary N) is 1. The van der Waals surface area contributed by atoms with E-state index < -0.39 is 6.09 Å². The Kier molecular flexibility index (Phi) is 4.55. The first-order chi connectivity index (χ1) is 13.1. The van der Waals surface area contributed by atoms with Gasteiger partial charge in [-0.3, -0.25) is 5.32 Å². The lowest BCUT2D eigenvalue weighted by molar-refractivity contribution is 0.155. The molecule has 1 amide bonds.